The number of thiophene rings is 1. The molecule has 6 nitrogen and oxygen atoms in total. The highest BCUT2D eigenvalue weighted by Gasteiger charge is 2.21. The first-order chi connectivity index (χ1) is 12.1. The predicted octanol–water partition coefficient (Wildman–Crippen LogP) is 3.74. The fourth-order valence-corrected chi connectivity index (χ4v) is 2.84. The largest absolute Gasteiger partial charge is 0.497 e. The van der Waals surface area contributed by atoms with Crippen LogP contribution in [-0.4, -0.2) is 34.4 Å². The Hall–Kier alpha value is -2.67. The van der Waals surface area contributed by atoms with Gasteiger partial charge in [0, 0.05) is 5.56 Å². The molecule has 0 spiro atoms. The van der Waals surface area contributed by atoms with Gasteiger partial charge in [-0.3, -0.25) is 4.79 Å². The van der Waals surface area contributed by atoms with E-state index in [-0.39, 0.29) is 11.9 Å². The zero-order valence-corrected chi connectivity index (χ0v) is 15.1. The molecule has 0 unspecified atom stereocenters. The molecule has 0 radical (unpaired) electrons. The molecule has 0 fully saturated rings. The Morgan fingerprint density at radius 3 is 2.80 bits per heavy atom. The van der Waals surface area contributed by atoms with Crippen LogP contribution in [-0.2, 0) is 0 Å². The van der Waals surface area contributed by atoms with Gasteiger partial charge in [0.05, 0.1) is 18.6 Å². The van der Waals surface area contributed by atoms with Crippen molar-refractivity contribution in [3.63, 3.8) is 0 Å². The van der Waals surface area contributed by atoms with E-state index < -0.39 is 0 Å². The maximum atomic E-state index is 12.8. The molecule has 130 valence electrons. The fourth-order valence-electron chi connectivity index (χ4n) is 2.19. The molecule has 7 heteroatoms. The molecule has 2 heterocycles. The molecule has 0 bridgehead atoms. The number of hydrogen-bond donors (Lipinski definition) is 0. The monoisotopic (exact) mass is 357 g/mol. The van der Waals surface area contributed by atoms with E-state index in [1.807, 2.05) is 49.6 Å². The zero-order valence-electron chi connectivity index (χ0n) is 14.3. The number of ether oxygens (including phenoxy) is 2. The van der Waals surface area contributed by atoms with E-state index in [1.54, 1.807) is 13.2 Å². The molecule has 3 aromatic rings. The summed E-state index contributed by atoms with van der Waals surface area (Å²) in [7, 11) is 1.60. The number of nitrogens with zero attached hydrogens (tertiary/aromatic N) is 3. The van der Waals surface area contributed by atoms with Crippen molar-refractivity contribution < 1.29 is 14.3 Å². The first-order valence-corrected chi connectivity index (χ1v) is 8.79. The summed E-state index contributed by atoms with van der Waals surface area (Å²) in [5, 5.41) is 6.12. The van der Waals surface area contributed by atoms with E-state index in [1.165, 1.54) is 16.0 Å². The van der Waals surface area contributed by atoms with Gasteiger partial charge in [-0.1, -0.05) is 32.0 Å². The van der Waals surface area contributed by atoms with Crippen molar-refractivity contribution in [3.8, 4) is 23.1 Å². The van der Waals surface area contributed by atoms with Gasteiger partial charge < -0.3 is 9.47 Å². The lowest BCUT2D eigenvalue weighted by atomic mass is 10.2. The van der Waals surface area contributed by atoms with Crippen molar-refractivity contribution in [2.24, 2.45) is 5.92 Å². The Morgan fingerprint density at radius 1 is 1.28 bits per heavy atom. The Balaban J connectivity index is 2.03. The SMILES string of the molecule is COc1cccc(-c2nc(OCC(C)C)nn2C(=O)c2cccs2)c1. The minimum absolute atomic E-state index is 0.191. The van der Waals surface area contributed by atoms with E-state index >= 15 is 0 Å². The van der Waals surface area contributed by atoms with Gasteiger partial charge in [0.25, 0.3) is 5.91 Å². The Kier molecular flexibility index (Phi) is 5.14. The molecule has 0 amide bonds. The summed E-state index contributed by atoms with van der Waals surface area (Å²) < 4.78 is 12.2. The molecule has 3 rings (SSSR count). The van der Waals surface area contributed by atoms with Crippen LogP contribution in [0.15, 0.2) is 41.8 Å². The Morgan fingerprint density at radius 2 is 2.12 bits per heavy atom. The third-order valence-electron chi connectivity index (χ3n) is 3.39. The van der Waals surface area contributed by atoms with Gasteiger partial charge >= 0.3 is 6.01 Å². The Labute approximate surface area is 150 Å². The number of aromatic nitrogens is 3. The zero-order chi connectivity index (χ0) is 17.8. The summed E-state index contributed by atoms with van der Waals surface area (Å²) in [5.41, 5.74) is 0.733. The lowest BCUT2D eigenvalue weighted by molar-refractivity contribution is 0.0948. The second-order valence-corrected chi connectivity index (χ2v) is 6.80. The molecular weight excluding hydrogens is 338 g/mol. The quantitative estimate of drug-likeness (QED) is 0.672. The van der Waals surface area contributed by atoms with Gasteiger partial charge in [-0.25, -0.2) is 0 Å². The molecule has 1 aromatic carbocycles. The number of benzene rings is 1. The minimum Gasteiger partial charge on any atom is -0.497 e. The van der Waals surface area contributed by atoms with Crippen LogP contribution >= 0.6 is 11.3 Å². The molecule has 0 aliphatic heterocycles. The van der Waals surface area contributed by atoms with Crippen LogP contribution in [0.3, 0.4) is 0 Å². The molecule has 0 saturated heterocycles. The van der Waals surface area contributed by atoms with Crippen LogP contribution in [0.1, 0.15) is 23.5 Å². The minimum atomic E-state index is -0.236. The normalized spacial score (nSPS) is 10.9. The summed E-state index contributed by atoms with van der Waals surface area (Å²) in [5.74, 6) is 1.20. The number of rotatable bonds is 6. The van der Waals surface area contributed by atoms with Gasteiger partial charge in [-0.05, 0) is 29.5 Å². The number of methoxy groups -OCH3 is 1. The van der Waals surface area contributed by atoms with Crippen LogP contribution in [0.4, 0.5) is 0 Å². The van der Waals surface area contributed by atoms with Crippen LogP contribution in [0, 0.1) is 5.92 Å². The van der Waals surface area contributed by atoms with Crippen molar-refractivity contribution in [2.75, 3.05) is 13.7 Å². The average molecular weight is 357 g/mol. The fraction of sp³-hybridized carbons (Fsp3) is 0.278. The summed E-state index contributed by atoms with van der Waals surface area (Å²) in [6, 6.07) is 11.1. The first-order valence-electron chi connectivity index (χ1n) is 7.91. The molecule has 0 atom stereocenters. The highest BCUT2D eigenvalue weighted by molar-refractivity contribution is 7.12. The van der Waals surface area contributed by atoms with E-state index in [4.69, 9.17) is 9.47 Å². The van der Waals surface area contributed by atoms with Gasteiger partial charge in [-0.2, -0.15) is 9.67 Å². The molecule has 25 heavy (non-hydrogen) atoms. The molecule has 0 aliphatic rings. The van der Waals surface area contributed by atoms with Crippen molar-refractivity contribution >= 4 is 17.2 Å². The summed E-state index contributed by atoms with van der Waals surface area (Å²) in [6.45, 7) is 4.56. The third-order valence-corrected chi connectivity index (χ3v) is 4.24. The second-order valence-electron chi connectivity index (χ2n) is 5.85. The maximum Gasteiger partial charge on any atom is 0.336 e. The first kappa shape index (κ1) is 17.2. The molecule has 0 saturated carbocycles. The van der Waals surface area contributed by atoms with Gasteiger partial charge in [0.2, 0.25) is 0 Å². The van der Waals surface area contributed by atoms with Gasteiger partial charge in [0.1, 0.15) is 5.75 Å². The lowest BCUT2D eigenvalue weighted by Gasteiger charge is -2.05. The van der Waals surface area contributed by atoms with E-state index in [9.17, 15) is 4.79 Å². The third kappa shape index (κ3) is 3.88. The number of hydrogen-bond acceptors (Lipinski definition) is 6. The van der Waals surface area contributed by atoms with Crippen molar-refractivity contribution in [2.45, 2.75) is 13.8 Å². The maximum absolute atomic E-state index is 12.8. The molecule has 0 N–H and O–H groups in total. The summed E-state index contributed by atoms with van der Waals surface area (Å²) in [6.07, 6.45) is 0. The summed E-state index contributed by atoms with van der Waals surface area (Å²) >= 11 is 1.36. The Bertz CT molecular complexity index is 856. The van der Waals surface area contributed by atoms with Crippen molar-refractivity contribution in [1.82, 2.24) is 14.8 Å². The van der Waals surface area contributed by atoms with E-state index in [0.29, 0.717) is 29.0 Å². The highest BCUT2D eigenvalue weighted by Crippen LogP contribution is 2.25. The summed E-state index contributed by atoms with van der Waals surface area (Å²) in [4.78, 5) is 17.8. The topological polar surface area (TPSA) is 66.2 Å². The van der Waals surface area contributed by atoms with Crippen LogP contribution in [0.2, 0.25) is 0 Å². The standard InChI is InChI=1S/C18H19N3O3S/c1-12(2)11-24-18-19-16(13-6-4-7-14(10-13)23-3)21(20-18)17(22)15-8-5-9-25-15/h4-10,12H,11H2,1-3H3. The highest BCUT2D eigenvalue weighted by atomic mass is 32.1. The van der Waals surface area contributed by atoms with Gasteiger partial charge in [0.15, 0.2) is 5.82 Å². The van der Waals surface area contributed by atoms with Crippen LogP contribution in [0.25, 0.3) is 11.4 Å². The van der Waals surface area contributed by atoms with Gasteiger partial charge in [-0.15, -0.1) is 16.4 Å². The predicted molar refractivity (Wildman–Crippen MR) is 96.4 cm³/mol. The van der Waals surface area contributed by atoms with Crippen LogP contribution < -0.4 is 9.47 Å². The van der Waals surface area contributed by atoms with Crippen molar-refractivity contribution in [1.29, 1.82) is 0 Å². The molecule has 0 aliphatic carbocycles. The van der Waals surface area contributed by atoms with E-state index in [0.717, 1.165) is 5.56 Å². The van der Waals surface area contributed by atoms with Crippen LogP contribution in [0.5, 0.6) is 11.8 Å². The lowest BCUT2D eigenvalue weighted by Crippen LogP contribution is -2.14. The number of carbonyl (C=O) groups excluding carboxylic acids is 1. The van der Waals surface area contributed by atoms with E-state index in [2.05, 4.69) is 10.1 Å². The number of carbonyl (C=O) groups is 1. The molecule has 2 aromatic heterocycles. The molecular formula is C18H19N3O3S. The smallest absolute Gasteiger partial charge is 0.336 e. The van der Waals surface area contributed by atoms with Crippen molar-refractivity contribution in [3.05, 3.63) is 46.7 Å². The second kappa shape index (κ2) is 7.48. The average Bonchev–Trinajstić information content (AvgIpc) is 3.29.